The molecule has 0 aliphatic carbocycles. The number of hydrogen-bond acceptors (Lipinski definition) is 5. The van der Waals surface area contributed by atoms with Crippen LogP contribution in [0, 0.1) is 17.2 Å². The summed E-state index contributed by atoms with van der Waals surface area (Å²) in [5, 5.41) is 35.6. The van der Waals surface area contributed by atoms with Gasteiger partial charge < -0.3 is 20.8 Å². The Morgan fingerprint density at radius 3 is 2.52 bits per heavy atom. The number of alkyl halides is 3. The molecule has 3 rings (SSSR count). The molecule has 1 heterocycles. The Hall–Kier alpha value is -3.09. The number of amides is 1. The molecule has 6 nitrogen and oxygen atoms in total. The van der Waals surface area contributed by atoms with E-state index in [1.54, 1.807) is 12.1 Å². The minimum Gasteiger partial charge on any atom is -0.508 e. The average molecular weight is 433 g/mol. The molecule has 0 aromatic heterocycles. The van der Waals surface area contributed by atoms with Crippen LogP contribution in [0.15, 0.2) is 42.5 Å². The Bertz CT molecular complexity index is 997. The van der Waals surface area contributed by atoms with E-state index in [2.05, 4.69) is 10.6 Å². The maximum atomic E-state index is 13.3. The number of carbonyl (C=O) groups is 1. The van der Waals surface area contributed by atoms with Crippen molar-refractivity contribution < 1.29 is 28.2 Å². The topological polar surface area (TPSA) is 105 Å². The number of nitrogens with zero attached hydrogens (tertiary/aromatic N) is 1. The van der Waals surface area contributed by atoms with Crippen LogP contribution >= 0.6 is 0 Å². The number of phenolic OH excluding ortho intramolecular Hbond substituents is 1. The summed E-state index contributed by atoms with van der Waals surface area (Å²) in [6.07, 6.45) is -3.87. The van der Waals surface area contributed by atoms with Gasteiger partial charge in [-0.2, -0.15) is 18.4 Å². The van der Waals surface area contributed by atoms with Crippen molar-refractivity contribution in [1.29, 1.82) is 5.26 Å². The zero-order valence-electron chi connectivity index (χ0n) is 16.5. The van der Waals surface area contributed by atoms with Crippen molar-refractivity contribution in [2.24, 2.45) is 5.92 Å². The molecule has 1 aliphatic rings. The summed E-state index contributed by atoms with van der Waals surface area (Å²) in [7, 11) is 0. The van der Waals surface area contributed by atoms with Crippen LogP contribution in [0.25, 0.3) is 0 Å². The zero-order chi connectivity index (χ0) is 22.6. The molecule has 1 fully saturated rings. The Morgan fingerprint density at radius 2 is 1.90 bits per heavy atom. The molecule has 1 saturated heterocycles. The van der Waals surface area contributed by atoms with Gasteiger partial charge in [0.25, 0.3) is 5.91 Å². The van der Waals surface area contributed by atoms with Crippen molar-refractivity contribution in [3.8, 4) is 11.8 Å². The van der Waals surface area contributed by atoms with Crippen LogP contribution in [-0.4, -0.2) is 34.8 Å². The van der Waals surface area contributed by atoms with Crippen LogP contribution < -0.4 is 10.6 Å². The molecule has 1 aliphatic heterocycles. The minimum absolute atomic E-state index is 0.0209. The minimum atomic E-state index is -4.77. The number of rotatable bonds is 5. The van der Waals surface area contributed by atoms with Gasteiger partial charge in [-0.1, -0.05) is 12.1 Å². The molecular weight excluding hydrogens is 411 g/mol. The molecular formula is C22H22F3N3O3. The second-order valence-electron chi connectivity index (χ2n) is 7.62. The predicted octanol–water partition coefficient (Wildman–Crippen LogP) is 3.19. The summed E-state index contributed by atoms with van der Waals surface area (Å²) >= 11 is 0. The van der Waals surface area contributed by atoms with Gasteiger partial charge in [-0.05, 0) is 67.7 Å². The van der Waals surface area contributed by atoms with E-state index in [4.69, 9.17) is 5.26 Å². The summed E-state index contributed by atoms with van der Waals surface area (Å²) < 4.78 is 39.8. The normalized spacial score (nSPS) is 16.9. The van der Waals surface area contributed by atoms with Crippen molar-refractivity contribution in [2.45, 2.75) is 31.0 Å². The maximum Gasteiger partial charge on any atom is 0.417 e. The standard InChI is InChI=1S/C22H22F3N3O3/c23-22(24,25)19-11-17(5-4-15(19)13-26)28-20(30)21(31,16-6-8-27-9-7-16)12-14-2-1-3-18(29)10-14/h1-5,10-11,16,27,29,31H,6-9,12H2,(H,28,30). The Morgan fingerprint density at radius 1 is 1.19 bits per heavy atom. The first kappa shape index (κ1) is 22.6. The number of hydrogen-bond donors (Lipinski definition) is 4. The van der Waals surface area contributed by atoms with E-state index in [1.807, 2.05) is 0 Å². The number of benzene rings is 2. The fourth-order valence-corrected chi connectivity index (χ4v) is 3.88. The second-order valence-corrected chi connectivity index (χ2v) is 7.62. The lowest BCUT2D eigenvalue weighted by Crippen LogP contribution is -2.53. The van der Waals surface area contributed by atoms with Gasteiger partial charge in [0.15, 0.2) is 0 Å². The lowest BCUT2D eigenvalue weighted by atomic mass is 9.76. The molecule has 4 N–H and O–H groups in total. The Balaban J connectivity index is 1.92. The number of anilines is 1. The fraction of sp³-hybridized carbons (Fsp3) is 0.364. The zero-order valence-corrected chi connectivity index (χ0v) is 16.5. The molecule has 0 saturated carbocycles. The molecule has 2 aromatic carbocycles. The van der Waals surface area contributed by atoms with Crippen LogP contribution in [-0.2, 0) is 17.4 Å². The van der Waals surface area contributed by atoms with Gasteiger partial charge in [0.1, 0.15) is 11.4 Å². The van der Waals surface area contributed by atoms with E-state index in [0.29, 0.717) is 37.6 Å². The largest absolute Gasteiger partial charge is 0.508 e. The molecule has 1 amide bonds. The Kier molecular flexibility index (Phi) is 6.53. The quantitative estimate of drug-likeness (QED) is 0.580. The number of piperidine rings is 1. The summed E-state index contributed by atoms with van der Waals surface area (Å²) in [5.74, 6) is -1.29. The predicted molar refractivity (Wildman–Crippen MR) is 107 cm³/mol. The number of aliphatic hydroxyl groups is 1. The molecule has 0 radical (unpaired) electrons. The van der Waals surface area contributed by atoms with Gasteiger partial charge >= 0.3 is 6.18 Å². The summed E-state index contributed by atoms with van der Waals surface area (Å²) in [6, 6.07) is 10.5. The molecule has 164 valence electrons. The van der Waals surface area contributed by atoms with Gasteiger partial charge in [0.05, 0.1) is 17.2 Å². The van der Waals surface area contributed by atoms with Gasteiger partial charge in [-0.3, -0.25) is 4.79 Å². The third-order valence-corrected chi connectivity index (χ3v) is 5.50. The van der Waals surface area contributed by atoms with Crippen molar-refractivity contribution in [3.63, 3.8) is 0 Å². The third kappa shape index (κ3) is 5.16. The SMILES string of the molecule is N#Cc1ccc(NC(=O)C(O)(Cc2cccc(O)c2)C2CCNCC2)cc1C(F)(F)F. The summed E-state index contributed by atoms with van der Waals surface area (Å²) in [6.45, 7) is 1.19. The van der Waals surface area contributed by atoms with E-state index in [-0.39, 0.29) is 17.9 Å². The molecule has 31 heavy (non-hydrogen) atoms. The van der Waals surface area contributed by atoms with Crippen LogP contribution in [0.5, 0.6) is 5.75 Å². The van der Waals surface area contributed by atoms with E-state index < -0.39 is 34.7 Å². The van der Waals surface area contributed by atoms with E-state index in [0.717, 1.165) is 6.07 Å². The van der Waals surface area contributed by atoms with E-state index in [9.17, 15) is 28.2 Å². The summed E-state index contributed by atoms with van der Waals surface area (Å²) in [4.78, 5) is 13.1. The van der Waals surface area contributed by atoms with Gasteiger partial charge in [-0.15, -0.1) is 0 Å². The van der Waals surface area contributed by atoms with Gasteiger partial charge in [-0.25, -0.2) is 0 Å². The highest BCUT2D eigenvalue weighted by Gasteiger charge is 2.44. The number of phenols is 1. The molecule has 2 aromatic rings. The van der Waals surface area contributed by atoms with Crippen LogP contribution in [0.2, 0.25) is 0 Å². The smallest absolute Gasteiger partial charge is 0.417 e. The third-order valence-electron chi connectivity index (χ3n) is 5.50. The number of nitrogens with one attached hydrogen (secondary N) is 2. The van der Waals surface area contributed by atoms with Crippen molar-refractivity contribution in [3.05, 3.63) is 59.2 Å². The fourth-order valence-electron chi connectivity index (χ4n) is 3.88. The molecule has 9 heteroatoms. The monoisotopic (exact) mass is 433 g/mol. The highest BCUT2D eigenvalue weighted by atomic mass is 19.4. The first-order valence-electron chi connectivity index (χ1n) is 9.77. The lowest BCUT2D eigenvalue weighted by Gasteiger charge is -2.37. The number of carbonyl (C=O) groups excluding carboxylic acids is 1. The highest BCUT2D eigenvalue weighted by Crippen LogP contribution is 2.35. The summed E-state index contributed by atoms with van der Waals surface area (Å²) in [5.41, 5.74) is -3.26. The van der Waals surface area contributed by atoms with Crippen molar-refractivity contribution in [2.75, 3.05) is 18.4 Å². The van der Waals surface area contributed by atoms with Crippen molar-refractivity contribution >= 4 is 11.6 Å². The van der Waals surface area contributed by atoms with Gasteiger partial charge in [0, 0.05) is 12.1 Å². The maximum absolute atomic E-state index is 13.3. The first-order chi connectivity index (χ1) is 14.6. The van der Waals surface area contributed by atoms with E-state index in [1.165, 1.54) is 24.3 Å². The van der Waals surface area contributed by atoms with Crippen molar-refractivity contribution in [1.82, 2.24) is 5.32 Å². The molecule has 0 bridgehead atoms. The van der Waals surface area contributed by atoms with E-state index >= 15 is 0 Å². The highest BCUT2D eigenvalue weighted by molar-refractivity contribution is 5.97. The number of nitriles is 1. The molecule has 1 unspecified atom stereocenters. The van der Waals surface area contributed by atoms with Crippen LogP contribution in [0.4, 0.5) is 18.9 Å². The molecule has 1 atom stereocenters. The lowest BCUT2D eigenvalue weighted by molar-refractivity contribution is -0.141. The van der Waals surface area contributed by atoms with Crippen LogP contribution in [0.3, 0.4) is 0 Å². The average Bonchev–Trinajstić information content (AvgIpc) is 2.73. The number of aromatic hydroxyl groups is 1. The van der Waals surface area contributed by atoms with Gasteiger partial charge in [0.2, 0.25) is 0 Å². The first-order valence-corrected chi connectivity index (χ1v) is 9.77. The number of halogens is 3. The Labute approximate surface area is 177 Å². The molecule has 0 spiro atoms. The van der Waals surface area contributed by atoms with Crippen LogP contribution in [0.1, 0.15) is 29.5 Å². The second kappa shape index (κ2) is 8.96.